The van der Waals surface area contributed by atoms with Crippen molar-refractivity contribution in [2.75, 3.05) is 13.2 Å². The molecule has 1 aromatic heterocycles. The predicted octanol–water partition coefficient (Wildman–Crippen LogP) is 6.17. The molecule has 200 valence electrons. The Bertz CT molecular complexity index is 828. The summed E-state index contributed by atoms with van der Waals surface area (Å²) in [4.78, 5) is 24.4. The minimum absolute atomic E-state index is 0.0392. The van der Waals surface area contributed by atoms with E-state index in [1.54, 1.807) is 0 Å². The van der Waals surface area contributed by atoms with E-state index in [0.29, 0.717) is 13.2 Å². The Morgan fingerprint density at radius 3 is 2.14 bits per heavy atom. The molecule has 6 nitrogen and oxygen atoms in total. The van der Waals surface area contributed by atoms with Gasteiger partial charge in [-0.2, -0.15) is 0 Å². The molecule has 0 aliphatic rings. The first kappa shape index (κ1) is 30.9. The van der Waals surface area contributed by atoms with Crippen LogP contribution in [0.3, 0.4) is 0 Å². The summed E-state index contributed by atoms with van der Waals surface area (Å²) < 4.78 is 14.7. The number of esters is 2. The van der Waals surface area contributed by atoms with Crippen LogP contribution < -0.4 is 4.57 Å². The molecule has 1 rings (SSSR count). The van der Waals surface area contributed by atoms with Gasteiger partial charge in [-0.3, -0.25) is 9.59 Å². The van der Waals surface area contributed by atoms with Gasteiger partial charge in [0.1, 0.15) is 32.2 Å². The summed E-state index contributed by atoms with van der Waals surface area (Å²) in [6, 6.07) is 0. The van der Waals surface area contributed by atoms with Crippen LogP contribution in [0.5, 0.6) is 0 Å². The highest BCUT2D eigenvalue weighted by atomic mass is 16.5. The topological polar surface area (TPSA) is 61.4 Å². The first-order valence-electron chi connectivity index (χ1n) is 13.1. The molecule has 0 aliphatic heterocycles. The molecule has 1 heterocycles. The Labute approximate surface area is 214 Å². The molecule has 0 aliphatic carbocycles. The van der Waals surface area contributed by atoms with E-state index in [2.05, 4.69) is 61.5 Å². The quantitative estimate of drug-likeness (QED) is 0.167. The highest BCUT2D eigenvalue weighted by Crippen LogP contribution is 2.40. The van der Waals surface area contributed by atoms with E-state index in [-0.39, 0.29) is 47.6 Å². The lowest BCUT2D eigenvalue weighted by Gasteiger charge is -2.35. The number of ether oxygens (including phenoxy) is 2. The number of rotatable bonds is 15. The van der Waals surface area contributed by atoms with Crippen molar-refractivity contribution in [3.8, 4) is 0 Å². The van der Waals surface area contributed by atoms with Gasteiger partial charge in [0.05, 0.1) is 19.9 Å². The molecular formula is C29H51N2O4+. The third-order valence-electron chi connectivity index (χ3n) is 6.34. The highest BCUT2D eigenvalue weighted by molar-refractivity contribution is 5.77. The molecule has 0 saturated carbocycles. The predicted molar refractivity (Wildman–Crippen MR) is 141 cm³/mol. The van der Waals surface area contributed by atoms with Gasteiger partial charge in [-0.05, 0) is 47.5 Å². The lowest BCUT2D eigenvalue weighted by atomic mass is 9.71. The van der Waals surface area contributed by atoms with Crippen molar-refractivity contribution in [3.05, 3.63) is 30.4 Å². The number of aryl methyl sites for hydroxylation is 1. The molecule has 0 saturated heterocycles. The van der Waals surface area contributed by atoms with Gasteiger partial charge >= 0.3 is 11.9 Å². The second-order valence-corrected chi connectivity index (χ2v) is 12.7. The van der Waals surface area contributed by atoms with E-state index in [1.807, 2.05) is 34.9 Å². The van der Waals surface area contributed by atoms with Crippen molar-refractivity contribution in [2.24, 2.45) is 23.3 Å². The number of aromatic nitrogens is 2. The van der Waals surface area contributed by atoms with E-state index in [1.165, 1.54) is 5.57 Å². The molecule has 0 aromatic carbocycles. The van der Waals surface area contributed by atoms with Gasteiger partial charge in [0.25, 0.3) is 0 Å². The number of allylic oxidation sites excluding steroid dienone is 1. The number of carbonyl (C=O) groups is 2. The molecule has 0 unspecified atom stereocenters. The van der Waals surface area contributed by atoms with Gasteiger partial charge in [0.15, 0.2) is 0 Å². The van der Waals surface area contributed by atoms with E-state index < -0.39 is 0 Å². The average Bonchev–Trinajstić information content (AvgIpc) is 3.13. The summed E-state index contributed by atoms with van der Waals surface area (Å²) in [6.07, 6.45) is 13.3. The van der Waals surface area contributed by atoms with Crippen LogP contribution >= 0.6 is 0 Å². The second kappa shape index (κ2) is 13.8. The van der Waals surface area contributed by atoms with Crippen molar-refractivity contribution in [1.29, 1.82) is 0 Å². The second-order valence-electron chi connectivity index (χ2n) is 12.7. The van der Waals surface area contributed by atoms with E-state index >= 15 is 0 Å². The lowest BCUT2D eigenvalue weighted by molar-refractivity contribution is -0.671. The Kier molecular flexibility index (Phi) is 12.2. The fourth-order valence-corrected chi connectivity index (χ4v) is 4.41. The molecule has 0 amide bonds. The summed E-state index contributed by atoms with van der Waals surface area (Å²) >= 11 is 0. The maximum absolute atomic E-state index is 12.4. The van der Waals surface area contributed by atoms with Gasteiger partial charge in [-0.1, -0.05) is 67.9 Å². The van der Waals surface area contributed by atoms with Crippen LogP contribution in [0.2, 0.25) is 0 Å². The highest BCUT2D eigenvalue weighted by Gasteiger charge is 2.28. The number of carbonyl (C=O) groups excluding carboxylic acids is 2. The van der Waals surface area contributed by atoms with Gasteiger partial charge in [-0.25, -0.2) is 9.13 Å². The maximum atomic E-state index is 12.4. The Hall–Kier alpha value is -2.11. The largest absolute Gasteiger partial charge is 0.461 e. The molecule has 0 N–H and O–H groups in total. The van der Waals surface area contributed by atoms with Crippen molar-refractivity contribution >= 4 is 11.9 Å². The smallest absolute Gasteiger partial charge is 0.306 e. The van der Waals surface area contributed by atoms with Crippen molar-refractivity contribution in [1.82, 2.24) is 4.57 Å². The van der Waals surface area contributed by atoms with Crippen LogP contribution in [0, 0.1) is 16.2 Å². The van der Waals surface area contributed by atoms with Crippen LogP contribution in [0.25, 0.3) is 0 Å². The molecule has 0 fully saturated rings. The number of imidazole rings is 1. The molecule has 0 spiro atoms. The number of nitrogens with zero attached hydrogens (tertiary/aromatic N) is 2. The molecular weight excluding hydrogens is 440 g/mol. The summed E-state index contributed by atoms with van der Waals surface area (Å²) in [5.41, 5.74) is 1.81. The lowest BCUT2D eigenvalue weighted by Crippen LogP contribution is -2.24. The molecule has 35 heavy (non-hydrogen) atoms. The van der Waals surface area contributed by atoms with Crippen molar-refractivity contribution < 1.29 is 23.6 Å². The van der Waals surface area contributed by atoms with E-state index in [9.17, 15) is 9.59 Å². The summed E-state index contributed by atoms with van der Waals surface area (Å²) in [5.74, 6) is -0.727. The molecule has 0 radical (unpaired) electrons. The zero-order valence-electron chi connectivity index (χ0n) is 23.9. The van der Waals surface area contributed by atoms with Crippen molar-refractivity contribution in [2.45, 2.75) is 107 Å². The van der Waals surface area contributed by atoms with Crippen LogP contribution in [-0.2, 0) is 32.7 Å². The Morgan fingerprint density at radius 1 is 0.971 bits per heavy atom. The Balaban J connectivity index is 2.55. The zero-order valence-corrected chi connectivity index (χ0v) is 23.9. The standard InChI is InChI=1S/C29H51N2O4/c1-10-28(5,6)22-29(7,8)20-24(12-11-15-27(2,3)4)21-35-26(33)14-13-25(32)34-19-18-31-17-16-30(9)23-31/h12,16-17,23H,10-11,13-15,18-22H2,1-9H3/q+1/b24-12-. The van der Waals surface area contributed by atoms with E-state index in [0.717, 1.165) is 32.1 Å². The first-order chi connectivity index (χ1) is 16.1. The van der Waals surface area contributed by atoms with Gasteiger partial charge in [-0.15, -0.1) is 0 Å². The molecule has 0 atom stereocenters. The molecule has 0 bridgehead atoms. The fraction of sp³-hybridized carbons (Fsp3) is 0.759. The van der Waals surface area contributed by atoms with Crippen LogP contribution in [0.4, 0.5) is 0 Å². The SMILES string of the molecule is CCC(C)(C)CC(C)(C)C/C(=C/CCC(C)(C)C)COC(=O)CCC(=O)OCCn1cc[n+](C)c1. The minimum Gasteiger partial charge on any atom is -0.461 e. The third kappa shape index (κ3) is 14.8. The van der Waals surface area contributed by atoms with E-state index in [4.69, 9.17) is 9.47 Å². The maximum Gasteiger partial charge on any atom is 0.306 e. The zero-order chi connectivity index (χ0) is 26.7. The first-order valence-corrected chi connectivity index (χ1v) is 13.1. The van der Waals surface area contributed by atoms with Gasteiger partial charge in [0, 0.05) is 0 Å². The van der Waals surface area contributed by atoms with Crippen LogP contribution in [0.1, 0.15) is 100 Å². The normalized spacial score (nSPS) is 13.1. The minimum atomic E-state index is -0.373. The fourth-order valence-electron chi connectivity index (χ4n) is 4.41. The summed E-state index contributed by atoms with van der Waals surface area (Å²) in [5, 5.41) is 0. The summed E-state index contributed by atoms with van der Waals surface area (Å²) in [7, 11) is 1.94. The number of hydrogen-bond acceptors (Lipinski definition) is 4. The van der Waals surface area contributed by atoms with Crippen molar-refractivity contribution in [3.63, 3.8) is 0 Å². The molecule has 6 heteroatoms. The number of hydrogen-bond donors (Lipinski definition) is 0. The van der Waals surface area contributed by atoms with Crippen LogP contribution in [0.15, 0.2) is 30.4 Å². The Morgan fingerprint density at radius 2 is 1.60 bits per heavy atom. The monoisotopic (exact) mass is 491 g/mol. The van der Waals surface area contributed by atoms with Gasteiger partial charge in [0.2, 0.25) is 6.33 Å². The third-order valence-corrected chi connectivity index (χ3v) is 6.34. The van der Waals surface area contributed by atoms with Crippen LogP contribution in [-0.4, -0.2) is 29.7 Å². The summed E-state index contributed by atoms with van der Waals surface area (Å²) in [6.45, 7) is 19.4. The molecule has 1 aromatic rings. The average molecular weight is 492 g/mol. The van der Waals surface area contributed by atoms with Gasteiger partial charge < -0.3 is 9.47 Å².